The highest BCUT2D eigenvalue weighted by atomic mass is 16.2. The van der Waals surface area contributed by atoms with Crippen LogP contribution in [0.4, 0.5) is 0 Å². The van der Waals surface area contributed by atoms with Gasteiger partial charge in [-0.2, -0.15) is 0 Å². The Kier molecular flexibility index (Phi) is 4.65. The first-order valence-electron chi connectivity index (χ1n) is 8.75. The van der Waals surface area contributed by atoms with Gasteiger partial charge in [0.15, 0.2) is 0 Å². The average molecular weight is 278 g/mol. The molecule has 0 unspecified atom stereocenters. The van der Waals surface area contributed by atoms with E-state index < -0.39 is 0 Å². The Hall–Kier alpha value is -0.570. The molecule has 2 heterocycles. The lowest BCUT2D eigenvalue weighted by Crippen LogP contribution is -2.47. The smallest absolute Gasteiger partial charge is 0.222 e. The zero-order valence-corrected chi connectivity index (χ0v) is 13.0. The lowest BCUT2D eigenvalue weighted by Gasteiger charge is -2.33. The molecule has 1 aliphatic carbocycles. The summed E-state index contributed by atoms with van der Waals surface area (Å²) in [4.78, 5) is 17.3. The number of carbonyl (C=O) groups excluding carboxylic acids is 1. The summed E-state index contributed by atoms with van der Waals surface area (Å²) < 4.78 is 0. The van der Waals surface area contributed by atoms with Crippen molar-refractivity contribution in [1.82, 2.24) is 9.80 Å². The summed E-state index contributed by atoms with van der Waals surface area (Å²) in [5.74, 6) is 1.29. The van der Waals surface area contributed by atoms with Crippen LogP contribution in [0.1, 0.15) is 64.2 Å². The summed E-state index contributed by atoms with van der Waals surface area (Å²) in [5, 5.41) is 0. The molecule has 0 aromatic heterocycles. The van der Waals surface area contributed by atoms with Crippen molar-refractivity contribution in [3.8, 4) is 0 Å². The van der Waals surface area contributed by atoms with Gasteiger partial charge in [0.2, 0.25) is 5.91 Å². The number of amides is 1. The monoisotopic (exact) mass is 278 g/mol. The number of likely N-dealkylation sites (tertiary alicyclic amines) is 2. The van der Waals surface area contributed by atoms with Crippen molar-refractivity contribution in [1.29, 1.82) is 0 Å². The van der Waals surface area contributed by atoms with E-state index in [0.29, 0.717) is 18.0 Å². The minimum atomic E-state index is 0.444. The van der Waals surface area contributed by atoms with Crippen LogP contribution in [-0.4, -0.2) is 47.9 Å². The van der Waals surface area contributed by atoms with Crippen LogP contribution in [0.25, 0.3) is 0 Å². The zero-order chi connectivity index (χ0) is 13.9. The molecular formula is C17H30N2O. The topological polar surface area (TPSA) is 23.6 Å². The Morgan fingerprint density at radius 3 is 2.35 bits per heavy atom. The molecule has 3 aliphatic rings. The lowest BCUT2D eigenvalue weighted by atomic mass is 10.00. The second-order valence-electron chi connectivity index (χ2n) is 7.18. The van der Waals surface area contributed by atoms with Gasteiger partial charge in [-0.1, -0.05) is 25.7 Å². The zero-order valence-electron chi connectivity index (χ0n) is 13.0. The molecule has 2 saturated heterocycles. The molecule has 2 atom stereocenters. The van der Waals surface area contributed by atoms with E-state index in [1.54, 1.807) is 0 Å². The summed E-state index contributed by atoms with van der Waals surface area (Å²) in [5.41, 5.74) is 0. The summed E-state index contributed by atoms with van der Waals surface area (Å²) in [7, 11) is 2.23. The summed E-state index contributed by atoms with van der Waals surface area (Å²) in [6.45, 7) is 2.23. The molecule has 3 rings (SSSR count). The second kappa shape index (κ2) is 6.46. The van der Waals surface area contributed by atoms with Crippen LogP contribution >= 0.6 is 0 Å². The number of nitrogens with zero attached hydrogens (tertiary/aromatic N) is 2. The van der Waals surface area contributed by atoms with Crippen molar-refractivity contribution in [2.24, 2.45) is 5.92 Å². The first-order valence-corrected chi connectivity index (χ1v) is 8.75. The first kappa shape index (κ1) is 14.4. The molecule has 1 amide bonds. The molecule has 0 spiro atoms. The molecule has 0 aromatic carbocycles. The van der Waals surface area contributed by atoms with Gasteiger partial charge in [-0.15, -0.1) is 0 Å². The highest BCUT2D eigenvalue weighted by Crippen LogP contribution is 2.32. The van der Waals surface area contributed by atoms with Gasteiger partial charge < -0.3 is 9.80 Å². The van der Waals surface area contributed by atoms with Gasteiger partial charge in [-0.05, 0) is 51.6 Å². The second-order valence-corrected chi connectivity index (χ2v) is 7.18. The molecule has 3 fully saturated rings. The third-order valence-electron chi connectivity index (χ3n) is 5.88. The maximum absolute atomic E-state index is 12.6. The van der Waals surface area contributed by atoms with Gasteiger partial charge in [-0.3, -0.25) is 4.79 Å². The molecule has 0 radical (unpaired) electrons. The van der Waals surface area contributed by atoms with Crippen LogP contribution in [0.15, 0.2) is 0 Å². The molecule has 3 nitrogen and oxygen atoms in total. The van der Waals surface area contributed by atoms with Crippen molar-refractivity contribution in [2.45, 2.75) is 76.3 Å². The van der Waals surface area contributed by atoms with Gasteiger partial charge in [0, 0.05) is 25.0 Å². The molecular weight excluding hydrogens is 248 g/mol. The number of carbonyl (C=O) groups is 1. The van der Waals surface area contributed by atoms with Crippen LogP contribution in [0.5, 0.6) is 0 Å². The number of hydrogen-bond acceptors (Lipinski definition) is 2. The Morgan fingerprint density at radius 2 is 1.65 bits per heavy atom. The molecule has 2 aliphatic heterocycles. The van der Waals surface area contributed by atoms with Crippen molar-refractivity contribution in [3.63, 3.8) is 0 Å². The third kappa shape index (κ3) is 3.03. The fraction of sp³-hybridized carbons (Fsp3) is 0.941. The quantitative estimate of drug-likeness (QED) is 0.789. The van der Waals surface area contributed by atoms with Crippen molar-refractivity contribution in [3.05, 3.63) is 0 Å². The third-order valence-corrected chi connectivity index (χ3v) is 5.88. The molecule has 1 saturated carbocycles. The van der Waals surface area contributed by atoms with Gasteiger partial charge >= 0.3 is 0 Å². The fourth-order valence-corrected chi connectivity index (χ4v) is 4.69. The maximum atomic E-state index is 12.6. The van der Waals surface area contributed by atoms with Gasteiger partial charge in [0.25, 0.3) is 0 Å². The van der Waals surface area contributed by atoms with E-state index in [1.165, 1.54) is 57.9 Å². The Bertz CT molecular complexity index is 338. The number of likely N-dealkylation sites (N-methyl/N-ethyl adjacent to an activating group) is 1. The van der Waals surface area contributed by atoms with Crippen molar-refractivity contribution in [2.75, 3.05) is 20.1 Å². The van der Waals surface area contributed by atoms with E-state index in [-0.39, 0.29) is 0 Å². The fourth-order valence-electron chi connectivity index (χ4n) is 4.69. The minimum absolute atomic E-state index is 0.444. The van der Waals surface area contributed by atoms with Crippen molar-refractivity contribution < 1.29 is 4.79 Å². The first-order chi connectivity index (χ1) is 9.75. The molecule has 0 aromatic rings. The van der Waals surface area contributed by atoms with E-state index in [0.717, 1.165) is 25.3 Å². The summed E-state index contributed by atoms with van der Waals surface area (Å²) in [6, 6.07) is 1.14. The number of rotatable bonds is 4. The SMILES string of the molecule is CN1CCC[C@H]1[C@H]1CCCN1C(=O)CCC1CCCC1. The van der Waals surface area contributed by atoms with Crippen LogP contribution in [0, 0.1) is 5.92 Å². The Labute approximate surface area is 123 Å². The van der Waals surface area contributed by atoms with Crippen LogP contribution in [-0.2, 0) is 4.79 Å². The van der Waals surface area contributed by atoms with Crippen molar-refractivity contribution >= 4 is 5.91 Å². The molecule has 0 bridgehead atoms. The van der Waals surface area contributed by atoms with E-state index in [9.17, 15) is 4.79 Å². The molecule has 0 N–H and O–H groups in total. The van der Waals surface area contributed by atoms with E-state index in [1.807, 2.05) is 0 Å². The highest BCUT2D eigenvalue weighted by Gasteiger charge is 2.38. The van der Waals surface area contributed by atoms with E-state index in [2.05, 4.69) is 16.8 Å². The summed E-state index contributed by atoms with van der Waals surface area (Å²) >= 11 is 0. The normalized spacial score (nSPS) is 32.4. The standard InChI is InChI=1S/C17H30N2O/c1-18-12-4-8-15(18)16-9-5-13-19(16)17(20)11-10-14-6-2-3-7-14/h14-16H,2-13H2,1H3/t15-,16+/m0/s1. The van der Waals surface area contributed by atoms with E-state index in [4.69, 9.17) is 0 Å². The number of hydrogen-bond donors (Lipinski definition) is 0. The maximum Gasteiger partial charge on any atom is 0.222 e. The van der Waals surface area contributed by atoms with Gasteiger partial charge in [0.05, 0.1) is 0 Å². The summed E-state index contributed by atoms with van der Waals surface area (Å²) in [6.07, 6.45) is 12.5. The Balaban J connectivity index is 1.52. The van der Waals surface area contributed by atoms with Crippen LogP contribution in [0.3, 0.4) is 0 Å². The Morgan fingerprint density at radius 1 is 0.950 bits per heavy atom. The van der Waals surface area contributed by atoms with Crippen LogP contribution < -0.4 is 0 Å². The molecule has 20 heavy (non-hydrogen) atoms. The minimum Gasteiger partial charge on any atom is -0.338 e. The average Bonchev–Trinajstić information content (AvgIpc) is 3.16. The lowest BCUT2D eigenvalue weighted by molar-refractivity contribution is -0.133. The largest absolute Gasteiger partial charge is 0.338 e. The predicted molar refractivity (Wildman–Crippen MR) is 81.6 cm³/mol. The van der Waals surface area contributed by atoms with Crippen LogP contribution in [0.2, 0.25) is 0 Å². The molecule has 3 heteroatoms. The highest BCUT2D eigenvalue weighted by molar-refractivity contribution is 5.77. The molecule has 114 valence electrons. The van der Waals surface area contributed by atoms with Gasteiger partial charge in [0.1, 0.15) is 0 Å². The van der Waals surface area contributed by atoms with Gasteiger partial charge in [-0.25, -0.2) is 0 Å². The predicted octanol–water partition coefficient (Wildman–Crippen LogP) is 3.04. The van der Waals surface area contributed by atoms with E-state index >= 15 is 0 Å².